The van der Waals surface area contributed by atoms with Gasteiger partial charge in [0.25, 0.3) is 0 Å². The first-order chi connectivity index (χ1) is 8.76. The Morgan fingerprint density at radius 2 is 2.06 bits per heavy atom. The van der Waals surface area contributed by atoms with Crippen molar-refractivity contribution in [2.24, 2.45) is 10.9 Å². The molecule has 1 aliphatic carbocycles. The molecule has 0 spiro atoms. The molecule has 0 atom stereocenters. The summed E-state index contributed by atoms with van der Waals surface area (Å²) >= 11 is 0. The van der Waals surface area contributed by atoms with Gasteiger partial charge in [0, 0.05) is 26.6 Å². The first-order valence-corrected chi connectivity index (χ1v) is 6.77. The van der Waals surface area contributed by atoms with Gasteiger partial charge in [0.15, 0.2) is 5.96 Å². The molecule has 0 heterocycles. The highest BCUT2D eigenvalue weighted by molar-refractivity contribution is 5.79. The number of carbonyl (C=O) groups is 1. The van der Waals surface area contributed by atoms with Gasteiger partial charge >= 0.3 is 5.97 Å². The van der Waals surface area contributed by atoms with Crippen LogP contribution in [0.3, 0.4) is 0 Å². The number of hydrogen-bond donors (Lipinski definition) is 2. The van der Waals surface area contributed by atoms with E-state index in [9.17, 15) is 4.79 Å². The predicted molar refractivity (Wildman–Crippen MR) is 72.6 cm³/mol. The first-order valence-electron chi connectivity index (χ1n) is 6.77. The van der Waals surface area contributed by atoms with Gasteiger partial charge in [-0.15, -0.1) is 0 Å². The molecule has 0 aliphatic heterocycles. The summed E-state index contributed by atoms with van der Waals surface area (Å²) in [5.74, 6) is 1.61. The third-order valence-electron chi connectivity index (χ3n) is 3.06. The van der Waals surface area contributed by atoms with E-state index in [-0.39, 0.29) is 5.97 Å². The fourth-order valence-corrected chi connectivity index (χ4v) is 1.66. The molecule has 0 aromatic rings. The summed E-state index contributed by atoms with van der Waals surface area (Å²) < 4.78 is 4.59. The minimum atomic E-state index is -0.120. The number of esters is 1. The normalized spacial score (nSPS) is 15.3. The highest BCUT2D eigenvalue weighted by atomic mass is 16.5. The zero-order valence-electron chi connectivity index (χ0n) is 11.5. The molecule has 1 rings (SSSR count). The average molecular weight is 255 g/mol. The van der Waals surface area contributed by atoms with Crippen LogP contribution in [-0.2, 0) is 9.53 Å². The molecular formula is C13H25N3O2. The maximum atomic E-state index is 10.9. The first kappa shape index (κ1) is 14.8. The van der Waals surface area contributed by atoms with Crippen molar-refractivity contribution in [3.63, 3.8) is 0 Å². The SMILES string of the molecule is CN=C(NCCCCCC(=O)OC)NCC1CC1. The number of ether oxygens (including phenoxy) is 1. The Balaban J connectivity index is 1.93. The van der Waals surface area contributed by atoms with Gasteiger partial charge in [-0.2, -0.15) is 0 Å². The Hall–Kier alpha value is -1.26. The highest BCUT2D eigenvalue weighted by Crippen LogP contribution is 2.27. The van der Waals surface area contributed by atoms with Crippen molar-refractivity contribution in [2.45, 2.75) is 38.5 Å². The lowest BCUT2D eigenvalue weighted by atomic mass is 10.2. The van der Waals surface area contributed by atoms with E-state index in [1.165, 1.54) is 20.0 Å². The lowest BCUT2D eigenvalue weighted by Gasteiger charge is -2.11. The summed E-state index contributed by atoms with van der Waals surface area (Å²) in [5.41, 5.74) is 0. The maximum absolute atomic E-state index is 10.9. The van der Waals surface area contributed by atoms with Crippen LogP contribution in [0.1, 0.15) is 38.5 Å². The number of nitrogens with zero attached hydrogens (tertiary/aromatic N) is 1. The molecule has 0 aromatic heterocycles. The van der Waals surface area contributed by atoms with Crippen LogP contribution in [0.25, 0.3) is 0 Å². The van der Waals surface area contributed by atoms with Crippen molar-refractivity contribution in [2.75, 3.05) is 27.2 Å². The summed E-state index contributed by atoms with van der Waals surface area (Å²) in [6, 6.07) is 0. The van der Waals surface area contributed by atoms with E-state index in [1.54, 1.807) is 7.05 Å². The van der Waals surface area contributed by atoms with Crippen LogP contribution in [0, 0.1) is 5.92 Å². The van der Waals surface area contributed by atoms with Crippen molar-refractivity contribution in [1.29, 1.82) is 0 Å². The molecule has 5 heteroatoms. The van der Waals surface area contributed by atoms with Crippen molar-refractivity contribution in [1.82, 2.24) is 10.6 Å². The van der Waals surface area contributed by atoms with Gasteiger partial charge in [-0.3, -0.25) is 9.79 Å². The number of nitrogens with one attached hydrogen (secondary N) is 2. The van der Waals surface area contributed by atoms with Crippen LogP contribution < -0.4 is 10.6 Å². The van der Waals surface area contributed by atoms with E-state index < -0.39 is 0 Å². The Bertz CT molecular complexity index is 275. The Morgan fingerprint density at radius 1 is 1.28 bits per heavy atom. The van der Waals surface area contributed by atoms with Gasteiger partial charge in [-0.05, 0) is 31.6 Å². The second-order valence-electron chi connectivity index (χ2n) is 4.71. The number of carbonyl (C=O) groups excluding carboxylic acids is 1. The van der Waals surface area contributed by atoms with Gasteiger partial charge in [0.05, 0.1) is 7.11 Å². The van der Waals surface area contributed by atoms with E-state index in [1.807, 2.05) is 0 Å². The lowest BCUT2D eigenvalue weighted by molar-refractivity contribution is -0.140. The van der Waals surface area contributed by atoms with Crippen LogP contribution in [0.4, 0.5) is 0 Å². The van der Waals surface area contributed by atoms with Crippen LogP contribution in [0.5, 0.6) is 0 Å². The van der Waals surface area contributed by atoms with Crippen molar-refractivity contribution in [3.8, 4) is 0 Å². The van der Waals surface area contributed by atoms with Crippen LogP contribution in [0.15, 0.2) is 4.99 Å². The minimum Gasteiger partial charge on any atom is -0.469 e. The van der Waals surface area contributed by atoms with E-state index >= 15 is 0 Å². The quantitative estimate of drug-likeness (QED) is 0.297. The van der Waals surface area contributed by atoms with E-state index in [2.05, 4.69) is 20.4 Å². The molecule has 104 valence electrons. The smallest absolute Gasteiger partial charge is 0.305 e. The third kappa shape index (κ3) is 7.14. The van der Waals surface area contributed by atoms with Crippen LogP contribution in [-0.4, -0.2) is 39.2 Å². The molecule has 18 heavy (non-hydrogen) atoms. The van der Waals surface area contributed by atoms with Gasteiger partial charge < -0.3 is 15.4 Å². The Kier molecular flexibility index (Phi) is 7.22. The second-order valence-corrected chi connectivity index (χ2v) is 4.71. The number of hydrogen-bond acceptors (Lipinski definition) is 3. The number of guanidine groups is 1. The molecule has 1 fully saturated rings. The third-order valence-corrected chi connectivity index (χ3v) is 3.06. The Labute approximate surface area is 109 Å². The molecule has 1 saturated carbocycles. The molecular weight excluding hydrogens is 230 g/mol. The largest absolute Gasteiger partial charge is 0.469 e. The molecule has 0 saturated heterocycles. The molecule has 5 nitrogen and oxygen atoms in total. The van der Waals surface area contributed by atoms with Crippen molar-refractivity contribution >= 4 is 11.9 Å². The van der Waals surface area contributed by atoms with Gasteiger partial charge in [0.2, 0.25) is 0 Å². The number of unbranched alkanes of at least 4 members (excludes halogenated alkanes) is 2. The number of aliphatic imine (C=N–C) groups is 1. The van der Waals surface area contributed by atoms with Crippen molar-refractivity contribution < 1.29 is 9.53 Å². The summed E-state index contributed by atoms with van der Waals surface area (Å²) in [6.07, 6.45) is 6.17. The van der Waals surface area contributed by atoms with E-state index in [0.29, 0.717) is 6.42 Å². The monoisotopic (exact) mass is 255 g/mol. The zero-order chi connectivity index (χ0) is 13.2. The number of methoxy groups -OCH3 is 1. The molecule has 0 radical (unpaired) electrons. The maximum Gasteiger partial charge on any atom is 0.305 e. The lowest BCUT2D eigenvalue weighted by Crippen LogP contribution is -2.38. The van der Waals surface area contributed by atoms with Gasteiger partial charge in [0.1, 0.15) is 0 Å². The molecule has 0 bridgehead atoms. The fourth-order valence-electron chi connectivity index (χ4n) is 1.66. The average Bonchev–Trinajstić information content (AvgIpc) is 3.20. The van der Waals surface area contributed by atoms with E-state index in [0.717, 1.165) is 44.2 Å². The summed E-state index contributed by atoms with van der Waals surface area (Å²) in [7, 11) is 3.22. The molecule has 0 unspecified atom stereocenters. The second kappa shape index (κ2) is 8.78. The predicted octanol–water partition coefficient (Wildman–Crippen LogP) is 1.29. The minimum absolute atomic E-state index is 0.120. The van der Waals surface area contributed by atoms with Crippen LogP contribution >= 0.6 is 0 Å². The zero-order valence-corrected chi connectivity index (χ0v) is 11.5. The topological polar surface area (TPSA) is 62.7 Å². The summed E-state index contributed by atoms with van der Waals surface area (Å²) in [6.45, 7) is 1.92. The molecule has 0 amide bonds. The Morgan fingerprint density at radius 3 is 2.67 bits per heavy atom. The van der Waals surface area contributed by atoms with Crippen molar-refractivity contribution in [3.05, 3.63) is 0 Å². The van der Waals surface area contributed by atoms with Gasteiger partial charge in [-0.25, -0.2) is 0 Å². The fraction of sp³-hybridized carbons (Fsp3) is 0.846. The van der Waals surface area contributed by atoms with E-state index in [4.69, 9.17) is 0 Å². The number of rotatable bonds is 8. The summed E-state index contributed by atoms with van der Waals surface area (Å²) in [5, 5.41) is 6.59. The standard InChI is InChI=1S/C13H25N3O2/c1-14-13(16-10-11-7-8-11)15-9-5-3-4-6-12(17)18-2/h11H,3-10H2,1-2H3,(H2,14,15,16). The molecule has 2 N–H and O–H groups in total. The highest BCUT2D eigenvalue weighted by Gasteiger charge is 2.20. The van der Waals surface area contributed by atoms with Gasteiger partial charge in [-0.1, -0.05) is 6.42 Å². The molecule has 0 aromatic carbocycles. The molecule has 1 aliphatic rings. The van der Waals surface area contributed by atoms with Crippen LogP contribution in [0.2, 0.25) is 0 Å². The summed E-state index contributed by atoms with van der Waals surface area (Å²) in [4.78, 5) is 15.1.